The Hall–Kier alpha value is -5.28. The quantitative estimate of drug-likeness (QED) is 0.225. The minimum Gasteiger partial charge on any atom is -0.457 e. The van der Waals surface area contributed by atoms with E-state index in [1.54, 1.807) is 0 Å². The van der Waals surface area contributed by atoms with Crippen LogP contribution in [0.25, 0.3) is 38.6 Å². The third kappa shape index (κ3) is 4.41. The summed E-state index contributed by atoms with van der Waals surface area (Å²) in [4.78, 5) is 0. The van der Waals surface area contributed by atoms with E-state index in [9.17, 15) is 0 Å². The molecule has 1 heterocycles. The van der Waals surface area contributed by atoms with E-state index in [0.29, 0.717) is 0 Å². The maximum atomic E-state index is 6.37. The lowest BCUT2D eigenvalue weighted by Crippen LogP contribution is -1.94. The molecule has 3 heteroatoms. The first-order valence-corrected chi connectivity index (χ1v) is 13.0. The predicted molar refractivity (Wildman–Crippen MR) is 159 cm³/mol. The fourth-order valence-corrected chi connectivity index (χ4v) is 5.12. The molecule has 0 radical (unpaired) electrons. The van der Waals surface area contributed by atoms with Crippen LogP contribution >= 0.6 is 0 Å². The van der Waals surface area contributed by atoms with Crippen LogP contribution in [0.4, 0.5) is 0 Å². The van der Waals surface area contributed by atoms with Gasteiger partial charge < -0.3 is 14.0 Å². The highest BCUT2D eigenvalue weighted by molar-refractivity contribution is 6.09. The first kappa shape index (κ1) is 22.9. The maximum Gasteiger partial charge on any atom is 0.138 e. The molecular formula is C36H25NO2. The molecule has 0 atom stereocenters. The van der Waals surface area contributed by atoms with E-state index in [1.807, 2.05) is 72.8 Å². The molecule has 0 amide bonds. The smallest absolute Gasteiger partial charge is 0.138 e. The largest absolute Gasteiger partial charge is 0.457 e. The lowest BCUT2D eigenvalue weighted by atomic mass is 10.0. The molecule has 6 aromatic carbocycles. The number of aromatic nitrogens is 1. The van der Waals surface area contributed by atoms with Crippen LogP contribution < -0.4 is 9.47 Å². The van der Waals surface area contributed by atoms with Crippen molar-refractivity contribution < 1.29 is 9.47 Å². The van der Waals surface area contributed by atoms with Crippen molar-refractivity contribution in [3.63, 3.8) is 0 Å². The summed E-state index contributed by atoms with van der Waals surface area (Å²) in [6.45, 7) is 0. The topological polar surface area (TPSA) is 23.4 Å². The number of fused-ring (bicyclic) bond motifs is 3. The molecule has 0 saturated carbocycles. The predicted octanol–water partition coefficient (Wildman–Crippen LogP) is 10.0. The molecule has 186 valence electrons. The Labute approximate surface area is 227 Å². The maximum absolute atomic E-state index is 6.37. The Morgan fingerprint density at radius 2 is 0.949 bits per heavy atom. The first-order valence-electron chi connectivity index (χ1n) is 13.0. The lowest BCUT2D eigenvalue weighted by molar-refractivity contribution is 0.461. The zero-order valence-electron chi connectivity index (χ0n) is 21.2. The third-order valence-corrected chi connectivity index (χ3v) is 6.92. The number of nitrogens with zero attached hydrogens (tertiary/aromatic N) is 1. The van der Waals surface area contributed by atoms with Gasteiger partial charge in [0, 0.05) is 28.1 Å². The molecule has 0 N–H and O–H groups in total. The molecule has 1 aromatic heterocycles. The Bertz CT molecular complexity index is 1840. The summed E-state index contributed by atoms with van der Waals surface area (Å²) in [5, 5.41) is 2.51. The van der Waals surface area contributed by atoms with Crippen molar-refractivity contribution in [1.29, 1.82) is 0 Å². The van der Waals surface area contributed by atoms with Crippen LogP contribution in [0, 0.1) is 0 Å². The van der Waals surface area contributed by atoms with Gasteiger partial charge in [0.2, 0.25) is 0 Å². The van der Waals surface area contributed by atoms with Gasteiger partial charge in [0.1, 0.15) is 23.0 Å². The highest BCUT2D eigenvalue weighted by atomic mass is 16.5. The Morgan fingerprint density at radius 3 is 1.56 bits per heavy atom. The van der Waals surface area contributed by atoms with Gasteiger partial charge in [-0.05, 0) is 66.2 Å². The zero-order valence-corrected chi connectivity index (χ0v) is 21.2. The van der Waals surface area contributed by atoms with Gasteiger partial charge in [-0.2, -0.15) is 0 Å². The Morgan fingerprint density at radius 1 is 0.410 bits per heavy atom. The number of hydrogen-bond acceptors (Lipinski definition) is 2. The number of hydrogen-bond donors (Lipinski definition) is 0. The van der Waals surface area contributed by atoms with Gasteiger partial charge in [0.25, 0.3) is 0 Å². The van der Waals surface area contributed by atoms with Crippen molar-refractivity contribution in [1.82, 2.24) is 4.57 Å². The zero-order chi connectivity index (χ0) is 26.0. The molecule has 7 aromatic rings. The van der Waals surface area contributed by atoms with Crippen LogP contribution in [-0.4, -0.2) is 4.57 Å². The van der Waals surface area contributed by atoms with Gasteiger partial charge in [0.05, 0.1) is 11.0 Å². The van der Waals surface area contributed by atoms with Crippen molar-refractivity contribution in [3.05, 3.63) is 152 Å². The van der Waals surface area contributed by atoms with Gasteiger partial charge in [0.15, 0.2) is 0 Å². The summed E-state index contributed by atoms with van der Waals surface area (Å²) in [6, 6.07) is 51.4. The molecule has 0 fully saturated rings. The summed E-state index contributed by atoms with van der Waals surface area (Å²) < 4.78 is 14.8. The molecule has 3 nitrogen and oxygen atoms in total. The van der Waals surface area contributed by atoms with Gasteiger partial charge in [-0.15, -0.1) is 0 Å². The number of benzene rings is 6. The Kier molecular flexibility index (Phi) is 5.80. The van der Waals surface area contributed by atoms with Crippen LogP contribution in [-0.2, 0) is 0 Å². The normalized spacial score (nSPS) is 11.1. The van der Waals surface area contributed by atoms with E-state index >= 15 is 0 Å². The second-order valence-corrected chi connectivity index (χ2v) is 9.40. The van der Waals surface area contributed by atoms with Crippen LogP contribution in [0.3, 0.4) is 0 Å². The van der Waals surface area contributed by atoms with Crippen molar-refractivity contribution in [2.75, 3.05) is 0 Å². The minimum atomic E-state index is 0.720. The summed E-state index contributed by atoms with van der Waals surface area (Å²) in [5.74, 6) is 3.01. The molecular weight excluding hydrogens is 478 g/mol. The van der Waals surface area contributed by atoms with Gasteiger partial charge in [-0.3, -0.25) is 0 Å². The van der Waals surface area contributed by atoms with Crippen LogP contribution in [0.15, 0.2) is 152 Å². The highest BCUT2D eigenvalue weighted by Crippen LogP contribution is 2.39. The van der Waals surface area contributed by atoms with Crippen molar-refractivity contribution in [3.8, 4) is 39.8 Å². The standard InChI is InChI=1S/C36H25NO2/c1-3-11-28(12-4-1)38-30-23-24-31(36(25-30)39-29-13-5-2-6-14-29)26-19-21-27(22-20-26)37-34-17-9-7-15-32(34)33-16-8-10-18-35(33)37/h1-25H. The molecule has 39 heavy (non-hydrogen) atoms. The van der Waals surface area contributed by atoms with E-state index in [-0.39, 0.29) is 0 Å². The number of rotatable bonds is 6. The summed E-state index contributed by atoms with van der Waals surface area (Å²) in [5.41, 5.74) is 5.57. The summed E-state index contributed by atoms with van der Waals surface area (Å²) >= 11 is 0. The van der Waals surface area contributed by atoms with Crippen molar-refractivity contribution in [2.24, 2.45) is 0 Å². The molecule has 0 spiro atoms. The monoisotopic (exact) mass is 503 g/mol. The second kappa shape index (κ2) is 9.88. The average molecular weight is 504 g/mol. The summed E-state index contributed by atoms with van der Waals surface area (Å²) in [6.07, 6.45) is 0. The molecule has 0 aliphatic rings. The molecule has 0 aliphatic carbocycles. The second-order valence-electron chi connectivity index (χ2n) is 9.40. The molecule has 0 unspecified atom stereocenters. The van der Waals surface area contributed by atoms with Gasteiger partial charge >= 0.3 is 0 Å². The summed E-state index contributed by atoms with van der Waals surface area (Å²) in [7, 11) is 0. The van der Waals surface area contributed by atoms with E-state index in [4.69, 9.17) is 9.47 Å². The number of ether oxygens (including phenoxy) is 2. The highest BCUT2D eigenvalue weighted by Gasteiger charge is 2.14. The molecule has 0 saturated heterocycles. The third-order valence-electron chi connectivity index (χ3n) is 6.92. The lowest BCUT2D eigenvalue weighted by Gasteiger charge is -2.15. The fourth-order valence-electron chi connectivity index (χ4n) is 5.12. The SMILES string of the molecule is c1ccc(Oc2ccc(-c3ccc(-n4c5ccccc5c5ccccc54)cc3)c(Oc3ccccc3)c2)cc1. The van der Waals surface area contributed by atoms with Crippen molar-refractivity contribution in [2.45, 2.75) is 0 Å². The Balaban J connectivity index is 1.29. The van der Waals surface area contributed by atoms with Gasteiger partial charge in [-0.1, -0.05) is 84.9 Å². The fraction of sp³-hybridized carbons (Fsp3) is 0. The first-order chi connectivity index (χ1) is 19.3. The number of para-hydroxylation sites is 4. The minimum absolute atomic E-state index is 0.720. The van der Waals surface area contributed by atoms with Gasteiger partial charge in [-0.25, -0.2) is 0 Å². The van der Waals surface area contributed by atoms with E-state index in [0.717, 1.165) is 39.8 Å². The van der Waals surface area contributed by atoms with E-state index in [2.05, 4.69) is 83.4 Å². The van der Waals surface area contributed by atoms with E-state index < -0.39 is 0 Å². The van der Waals surface area contributed by atoms with Crippen LogP contribution in [0.5, 0.6) is 23.0 Å². The molecule has 7 rings (SSSR count). The van der Waals surface area contributed by atoms with Crippen molar-refractivity contribution >= 4 is 21.8 Å². The molecule has 0 bridgehead atoms. The van der Waals surface area contributed by atoms with E-state index in [1.165, 1.54) is 21.8 Å². The average Bonchev–Trinajstić information content (AvgIpc) is 3.33. The van der Waals surface area contributed by atoms with Crippen LogP contribution in [0.1, 0.15) is 0 Å². The van der Waals surface area contributed by atoms with Crippen LogP contribution in [0.2, 0.25) is 0 Å². The molecule has 0 aliphatic heterocycles.